The number of carbonyl (C=O) groups is 1. The molecule has 3 rings (SSSR count). The first-order valence-corrected chi connectivity index (χ1v) is 6.90. The molecule has 0 N–H and O–H groups in total. The Morgan fingerprint density at radius 1 is 1.30 bits per heavy atom. The summed E-state index contributed by atoms with van der Waals surface area (Å²) in [5.74, 6) is -0.532. The van der Waals surface area contributed by atoms with Crippen molar-refractivity contribution >= 4 is 5.91 Å². The summed E-state index contributed by atoms with van der Waals surface area (Å²) in [6.45, 7) is 4.91. The number of benzene rings is 1. The Balaban J connectivity index is 1.74. The van der Waals surface area contributed by atoms with E-state index in [0.29, 0.717) is 13.2 Å². The molecule has 0 unspecified atom stereocenters. The highest BCUT2D eigenvalue weighted by Gasteiger charge is 2.41. The fourth-order valence-corrected chi connectivity index (χ4v) is 2.70. The van der Waals surface area contributed by atoms with Gasteiger partial charge in [0.1, 0.15) is 6.10 Å². The molecule has 1 aromatic carbocycles. The fourth-order valence-electron chi connectivity index (χ4n) is 2.70. The lowest BCUT2D eigenvalue weighted by Crippen LogP contribution is -2.43. The van der Waals surface area contributed by atoms with Crippen LogP contribution in [0.3, 0.4) is 0 Å². The first-order valence-electron chi connectivity index (χ1n) is 6.90. The van der Waals surface area contributed by atoms with Crippen LogP contribution in [0, 0.1) is 0 Å². The predicted molar refractivity (Wildman–Crippen MR) is 74.8 cm³/mol. The maximum atomic E-state index is 12.0. The second kappa shape index (κ2) is 5.04. The summed E-state index contributed by atoms with van der Waals surface area (Å²) < 4.78 is 11.5. The third kappa shape index (κ3) is 2.62. The van der Waals surface area contributed by atoms with Crippen LogP contribution in [-0.2, 0) is 20.8 Å². The third-order valence-electron chi connectivity index (χ3n) is 3.69. The molecular weight excluding hydrogens is 254 g/mol. The Morgan fingerprint density at radius 2 is 2.05 bits per heavy atom. The van der Waals surface area contributed by atoms with E-state index in [-0.39, 0.29) is 18.1 Å². The van der Waals surface area contributed by atoms with Gasteiger partial charge in [0, 0.05) is 12.6 Å². The van der Waals surface area contributed by atoms with Crippen LogP contribution in [0.15, 0.2) is 42.5 Å². The molecule has 0 aromatic heterocycles. The van der Waals surface area contributed by atoms with Crippen molar-refractivity contribution < 1.29 is 14.3 Å². The van der Waals surface area contributed by atoms with Crippen LogP contribution in [0.5, 0.6) is 0 Å². The van der Waals surface area contributed by atoms with Crippen molar-refractivity contribution in [1.29, 1.82) is 0 Å². The first kappa shape index (κ1) is 13.3. The molecule has 2 heterocycles. The summed E-state index contributed by atoms with van der Waals surface area (Å²) in [5, 5.41) is 0. The smallest absolute Gasteiger partial charge is 0.247 e. The van der Waals surface area contributed by atoms with Crippen LogP contribution in [0.2, 0.25) is 0 Å². The van der Waals surface area contributed by atoms with Gasteiger partial charge in [0.05, 0.1) is 12.6 Å². The molecule has 0 saturated carbocycles. The summed E-state index contributed by atoms with van der Waals surface area (Å²) in [6, 6.07) is 9.94. The van der Waals surface area contributed by atoms with Gasteiger partial charge >= 0.3 is 0 Å². The average molecular weight is 273 g/mol. The molecule has 2 aliphatic heterocycles. The molecule has 4 heteroatoms. The van der Waals surface area contributed by atoms with Crippen LogP contribution >= 0.6 is 0 Å². The topological polar surface area (TPSA) is 38.8 Å². The van der Waals surface area contributed by atoms with Crippen molar-refractivity contribution in [3.8, 4) is 0 Å². The Kier molecular flexibility index (Phi) is 3.36. The minimum Gasteiger partial charge on any atom is -0.348 e. The molecule has 4 nitrogen and oxygen atoms in total. The number of carbonyl (C=O) groups excluding carboxylic acids is 1. The Bertz CT molecular complexity index is 524. The number of hydrogen-bond acceptors (Lipinski definition) is 3. The van der Waals surface area contributed by atoms with Crippen molar-refractivity contribution in [1.82, 2.24) is 4.90 Å². The number of ether oxygens (including phenoxy) is 2. The zero-order chi connectivity index (χ0) is 14.2. The highest BCUT2D eigenvalue weighted by Crippen LogP contribution is 2.29. The van der Waals surface area contributed by atoms with Gasteiger partial charge in [-0.1, -0.05) is 36.4 Å². The van der Waals surface area contributed by atoms with E-state index < -0.39 is 5.79 Å². The monoisotopic (exact) mass is 273 g/mol. The van der Waals surface area contributed by atoms with Gasteiger partial charge < -0.3 is 14.4 Å². The largest absolute Gasteiger partial charge is 0.348 e. The lowest BCUT2D eigenvalue weighted by molar-refractivity contribution is -0.148. The van der Waals surface area contributed by atoms with E-state index in [1.807, 2.05) is 55.2 Å². The first-order chi connectivity index (χ1) is 9.55. The van der Waals surface area contributed by atoms with E-state index >= 15 is 0 Å². The Morgan fingerprint density at radius 3 is 2.70 bits per heavy atom. The summed E-state index contributed by atoms with van der Waals surface area (Å²) in [4.78, 5) is 13.9. The molecule has 20 heavy (non-hydrogen) atoms. The quantitative estimate of drug-likeness (QED) is 0.846. The van der Waals surface area contributed by atoms with Crippen LogP contribution in [0.4, 0.5) is 0 Å². The molecular formula is C16H19NO3. The molecule has 1 fully saturated rings. The lowest BCUT2D eigenvalue weighted by Gasteiger charge is -2.29. The molecule has 0 spiro atoms. The molecule has 2 aliphatic rings. The zero-order valence-corrected chi connectivity index (χ0v) is 11.8. The van der Waals surface area contributed by atoms with E-state index in [2.05, 4.69) is 0 Å². The van der Waals surface area contributed by atoms with E-state index in [1.54, 1.807) is 6.08 Å². The van der Waals surface area contributed by atoms with Crippen molar-refractivity contribution in [2.75, 3.05) is 6.61 Å². The Labute approximate surface area is 119 Å². The molecule has 0 aliphatic carbocycles. The van der Waals surface area contributed by atoms with Crippen molar-refractivity contribution in [3.63, 3.8) is 0 Å². The normalized spacial score (nSPS) is 28.3. The summed E-state index contributed by atoms with van der Waals surface area (Å²) in [5.41, 5.74) is 1.12. The maximum Gasteiger partial charge on any atom is 0.247 e. The van der Waals surface area contributed by atoms with Crippen LogP contribution in [0.25, 0.3) is 0 Å². The van der Waals surface area contributed by atoms with Crippen molar-refractivity contribution in [3.05, 3.63) is 48.0 Å². The zero-order valence-electron chi connectivity index (χ0n) is 11.8. The predicted octanol–water partition coefficient (Wildman–Crippen LogP) is 2.11. The summed E-state index contributed by atoms with van der Waals surface area (Å²) >= 11 is 0. The molecule has 0 radical (unpaired) electrons. The van der Waals surface area contributed by atoms with Crippen molar-refractivity contribution in [2.24, 2.45) is 0 Å². The SMILES string of the molecule is CC1(C)OC[C@H]([C@@H]2C=CC(=O)N2Cc2ccccc2)O1. The average Bonchev–Trinajstić information content (AvgIpc) is 2.95. The van der Waals surface area contributed by atoms with Crippen LogP contribution in [0.1, 0.15) is 19.4 Å². The number of amides is 1. The lowest BCUT2D eigenvalue weighted by atomic mass is 10.1. The van der Waals surface area contributed by atoms with Crippen LogP contribution in [-0.4, -0.2) is 35.3 Å². The van der Waals surface area contributed by atoms with Gasteiger partial charge in [0.2, 0.25) is 5.91 Å². The van der Waals surface area contributed by atoms with Gasteiger partial charge in [-0.2, -0.15) is 0 Å². The van der Waals surface area contributed by atoms with Gasteiger partial charge in [0.25, 0.3) is 0 Å². The maximum absolute atomic E-state index is 12.0. The standard InChI is InChI=1S/C16H19NO3/c1-16(2)19-11-14(20-16)13-8-9-15(18)17(13)10-12-6-4-3-5-7-12/h3-9,13-14H,10-11H2,1-2H3/t13-,14+/m0/s1. The number of rotatable bonds is 3. The van der Waals surface area contributed by atoms with Gasteiger partial charge in [-0.25, -0.2) is 0 Å². The molecule has 106 valence electrons. The van der Waals surface area contributed by atoms with E-state index in [9.17, 15) is 4.79 Å². The number of hydrogen-bond donors (Lipinski definition) is 0. The molecule has 2 atom stereocenters. The second-order valence-electron chi connectivity index (χ2n) is 5.67. The minimum atomic E-state index is -0.567. The molecule has 1 amide bonds. The molecule has 1 saturated heterocycles. The van der Waals surface area contributed by atoms with Crippen LogP contribution < -0.4 is 0 Å². The third-order valence-corrected chi connectivity index (χ3v) is 3.69. The molecule has 1 aromatic rings. The highest BCUT2D eigenvalue weighted by atomic mass is 16.7. The minimum absolute atomic E-state index is 0.0344. The van der Waals surface area contributed by atoms with Gasteiger partial charge in [-0.3, -0.25) is 4.79 Å². The van der Waals surface area contributed by atoms with E-state index in [0.717, 1.165) is 5.56 Å². The molecule has 0 bridgehead atoms. The number of nitrogens with zero attached hydrogens (tertiary/aromatic N) is 1. The van der Waals surface area contributed by atoms with Gasteiger partial charge in [-0.05, 0) is 19.4 Å². The van der Waals surface area contributed by atoms with Gasteiger partial charge in [-0.15, -0.1) is 0 Å². The van der Waals surface area contributed by atoms with Crippen molar-refractivity contribution in [2.45, 2.75) is 38.3 Å². The summed E-state index contributed by atoms with van der Waals surface area (Å²) in [7, 11) is 0. The van der Waals surface area contributed by atoms with E-state index in [4.69, 9.17) is 9.47 Å². The highest BCUT2D eigenvalue weighted by molar-refractivity contribution is 5.90. The fraction of sp³-hybridized carbons (Fsp3) is 0.438. The summed E-state index contributed by atoms with van der Waals surface area (Å²) in [6.07, 6.45) is 3.44. The van der Waals surface area contributed by atoms with E-state index in [1.165, 1.54) is 0 Å². The Hall–Kier alpha value is -1.65. The van der Waals surface area contributed by atoms with Gasteiger partial charge in [0.15, 0.2) is 5.79 Å². The second-order valence-corrected chi connectivity index (χ2v) is 5.67.